The fourth-order valence-electron chi connectivity index (χ4n) is 4.05. The SMILES string of the molecule is CCCCCCc1[c]c(CCCCCC)c2c(c1)-c1cc[c]cc1C2. The molecule has 3 rings (SSSR count). The molecule has 0 fully saturated rings. The lowest BCUT2D eigenvalue weighted by molar-refractivity contribution is 0.659. The standard InChI is InChI=1S/C25H32/c1-3-5-7-9-13-20-17-21(14-10-8-6-4-2)24-19-22-15-11-12-16-23(22)25(24)18-20/h12,15-16,18H,3-10,13-14,19H2,1-2H3. The van der Waals surface area contributed by atoms with Gasteiger partial charge in [0, 0.05) is 0 Å². The lowest BCUT2D eigenvalue weighted by Gasteiger charge is -2.12. The third-order valence-electron chi connectivity index (χ3n) is 5.51. The van der Waals surface area contributed by atoms with Crippen molar-refractivity contribution in [2.45, 2.75) is 84.5 Å². The Bertz CT molecular complexity index is 680. The highest BCUT2D eigenvalue weighted by Crippen LogP contribution is 2.39. The second-order valence-corrected chi connectivity index (χ2v) is 7.55. The van der Waals surface area contributed by atoms with E-state index in [0.29, 0.717) is 0 Å². The van der Waals surface area contributed by atoms with Crippen LogP contribution in [0.2, 0.25) is 0 Å². The largest absolute Gasteiger partial charge is 0.0654 e. The van der Waals surface area contributed by atoms with Gasteiger partial charge in [-0.3, -0.25) is 0 Å². The van der Waals surface area contributed by atoms with Crippen molar-refractivity contribution in [1.82, 2.24) is 0 Å². The summed E-state index contributed by atoms with van der Waals surface area (Å²) < 4.78 is 0. The molecule has 1 aliphatic rings. The molecule has 0 nitrogen and oxygen atoms in total. The van der Waals surface area contributed by atoms with Crippen LogP contribution in [-0.2, 0) is 19.3 Å². The Morgan fingerprint density at radius 3 is 2.40 bits per heavy atom. The summed E-state index contributed by atoms with van der Waals surface area (Å²) in [6, 6.07) is 16.0. The van der Waals surface area contributed by atoms with Gasteiger partial charge in [0.2, 0.25) is 0 Å². The molecule has 0 atom stereocenters. The molecule has 0 bridgehead atoms. The zero-order valence-electron chi connectivity index (χ0n) is 16.1. The van der Waals surface area contributed by atoms with Gasteiger partial charge < -0.3 is 0 Å². The molecule has 25 heavy (non-hydrogen) atoms. The van der Waals surface area contributed by atoms with Gasteiger partial charge in [0.1, 0.15) is 0 Å². The Hall–Kier alpha value is -1.56. The number of fused-ring (bicyclic) bond motifs is 3. The minimum atomic E-state index is 1.08. The molecular weight excluding hydrogens is 300 g/mol. The summed E-state index contributed by atoms with van der Waals surface area (Å²) in [4.78, 5) is 0. The number of rotatable bonds is 10. The second-order valence-electron chi connectivity index (χ2n) is 7.55. The summed E-state index contributed by atoms with van der Waals surface area (Å²) in [6.45, 7) is 4.57. The van der Waals surface area contributed by atoms with Crippen LogP contribution in [0.3, 0.4) is 0 Å². The van der Waals surface area contributed by atoms with Crippen LogP contribution < -0.4 is 0 Å². The van der Waals surface area contributed by atoms with E-state index in [4.69, 9.17) is 0 Å². The molecule has 0 heterocycles. The Labute approximate surface area is 154 Å². The summed E-state index contributed by atoms with van der Waals surface area (Å²) in [5, 5.41) is 0. The van der Waals surface area contributed by atoms with Gasteiger partial charge in [-0.2, -0.15) is 0 Å². The molecule has 0 heteroatoms. The van der Waals surface area contributed by atoms with Crippen LogP contribution in [0.25, 0.3) is 11.1 Å². The molecule has 1 aliphatic carbocycles. The first-order valence-electron chi connectivity index (χ1n) is 10.4. The fraction of sp³-hybridized carbons (Fsp3) is 0.520. The summed E-state index contributed by atoms with van der Waals surface area (Å²) in [5.74, 6) is 0. The van der Waals surface area contributed by atoms with Crippen LogP contribution in [0, 0.1) is 12.1 Å². The maximum absolute atomic E-state index is 3.82. The summed E-state index contributed by atoms with van der Waals surface area (Å²) in [5.41, 5.74) is 8.84. The molecule has 0 saturated carbocycles. The highest BCUT2D eigenvalue weighted by atomic mass is 14.3. The molecule has 2 radical (unpaired) electrons. The van der Waals surface area contributed by atoms with Gasteiger partial charge >= 0.3 is 0 Å². The van der Waals surface area contributed by atoms with Crippen LogP contribution in [0.1, 0.15) is 87.5 Å². The number of benzene rings is 2. The van der Waals surface area contributed by atoms with Gasteiger partial charge in [-0.25, -0.2) is 0 Å². The van der Waals surface area contributed by atoms with Crippen LogP contribution in [0.5, 0.6) is 0 Å². The third kappa shape index (κ3) is 4.54. The Kier molecular flexibility index (Phi) is 6.73. The Morgan fingerprint density at radius 1 is 0.880 bits per heavy atom. The van der Waals surface area contributed by atoms with Crippen molar-refractivity contribution < 1.29 is 0 Å². The number of unbranched alkanes of at least 4 members (excludes halogenated alkanes) is 6. The van der Waals surface area contributed by atoms with E-state index in [2.05, 4.69) is 50.2 Å². The summed E-state index contributed by atoms with van der Waals surface area (Å²) >= 11 is 0. The van der Waals surface area contributed by atoms with E-state index < -0.39 is 0 Å². The molecule has 0 unspecified atom stereocenters. The van der Waals surface area contributed by atoms with Crippen molar-refractivity contribution in [1.29, 1.82) is 0 Å². The van der Waals surface area contributed by atoms with E-state index >= 15 is 0 Å². The average Bonchev–Trinajstić information content (AvgIpc) is 3.01. The highest BCUT2D eigenvalue weighted by molar-refractivity contribution is 5.78. The van der Waals surface area contributed by atoms with Crippen LogP contribution in [0.4, 0.5) is 0 Å². The molecular formula is C25H32. The summed E-state index contributed by atoms with van der Waals surface area (Å²) in [7, 11) is 0. The Balaban J connectivity index is 1.81. The quantitative estimate of drug-likeness (QED) is 0.347. The molecule has 132 valence electrons. The van der Waals surface area contributed by atoms with Gasteiger partial charge in [-0.05, 0) is 77.6 Å². The smallest absolute Gasteiger partial charge is 0.00103 e. The van der Waals surface area contributed by atoms with Crippen molar-refractivity contribution >= 4 is 0 Å². The van der Waals surface area contributed by atoms with Crippen molar-refractivity contribution in [3.63, 3.8) is 0 Å². The van der Waals surface area contributed by atoms with Crippen molar-refractivity contribution in [2.24, 2.45) is 0 Å². The molecule has 2 aromatic carbocycles. The van der Waals surface area contributed by atoms with Gasteiger partial charge in [0.05, 0.1) is 0 Å². The molecule has 0 N–H and O–H groups in total. The summed E-state index contributed by atoms with van der Waals surface area (Å²) in [6.07, 6.45) is 14.1. The predicted molar refractivity (Wildman–Crippen MR) is 108 cm³/mol. The zero-order valence-corrected chi connectivity index (χ0v) is 16.1. The molecule has 2 aromatic rings. The predicted octanol–water partition coefficient (Wildman–Crippen LogP) is 7.10. The monoisotopic (exact) mass is 332 g/mol. The average molecular weight is 333 g/mol. The van der Waals surface area contributed by atoms with Crippen molar-refractivity contribution in [3.05, 3.63) is 58.7 Å². The van der Waals surface area contributed by atoms with E-state index in [1.54, 1.807) is 5.56 Å². The van der Waals surface area contributed by atoms with Crippen LogP contribution in [0.15, 0.2) is 24.3 Å². The maximum atomic E-state index is 3.82. The number of aryl methyl sites for hydroxylation is 2. The molecule has 0 aromatic heterocycles. The maximum Gasteiger partial charge on any atom is -0.00103 e. The van der Waals surface area contributed by atoms with Crippen molar-refractivity contribution in [3.8, 4) is 11.1 Å². The van der Waals surface area contributed by atoms with E-state index in [1.165, 1.54) is 92.0 Å². The lowest BCUT2D eigenvalue weighted by Crippen LogP contribution is -1.98. The Morgan fingerprint density at radius 2 is 1.64 bits per heavy atom. The first kappa shape index (κ1) is 18.2. The number of hydrogen-bond acceptors (Lipinski definition) is 0. The van der Waals surface area contributed by atoms with Gasteiger partial charge in [0.15, 0.2) is 0 Å². The molecule has 0 spiro atoms. The first-order chi connectivity index (χ1) is 12.3. The van der Waals surface area contributed by atoms with E-state index in [-0.39, 0.29) is 0 Å². The normalized spacial score (nSPS) is 12.2. The minimum Gasteiger partial charge on any atom is -0.0654 e. The minimum absolute atomic E-state index is 1.08. The van der Waals surface area contributed by atoms with Crippen LogP contribution in [-0.4, -0.2) is 0 Å². The third-order valence-corrected chi connectivity index (χ3v) is 5.51. The lowest BCUT2D eigenvalue weighted by atomic mass is 9.92. The zero-order chi connectivity index (χ0) is 17.5. The topological polar surface area (TPSA) is 0 Å². The number of hydrogen-bond donors (Lipinski definition) is 0. The van der Waals surface area contributed by atoms with E-state index in [1.807, 2.05) is 0 Å². The van der Waals surface area contributed by atoms with E-state index in [9.17, 15) is 0 Å². The molecule has 0 aliphatic heterocycles. The van der Waals surface area contributed by atoms with E-state index in [0.717, 1.165) is 6.42 Å². The fourth-order valence-corrected chi connectivity index (χ4v) is 4.05. The highest BCUT2D eigenvalue weighted by Gasteiger charge is 2.21. The van der Waals surface area contributed by atoms with Gasteiger partial charge in [0.25, 0.3) is 0 Å². The van der Waals surface area contributed by atoms with Crippen LogP contribution >= 0.6 is 0 Å². The second kappa shape index (κ2) is 9.22. The van der Waals surface area contributed by atoms with Gasteiger partial charge in [-0.15, -0.1) is 0 Å². The van der Waals surface area contributed by atoms with Crippen molar-refractivity contribution in [2.75, 3.05) is 0 Å². The molecule has 0 amide bonds. The first-order valence-corrected chi connectivity index (χ1v) is 10.4. The van der Waals surface area contributed by atoms with Gasteiger partial charge in [-0.1, -0.05) is 76.6 Å². The molecule has 0 saturated heterocycles.